The summed E-state index contributed by atoms with van der Waals surface area (Å²) in [5.41, 5.74) is 4.02. The van der Waals surface area contributed by atoms with Gasteiger partial charge in [0.1, 0.15) is 11.6 Å². The topological polar surface area (TPSA) is 64.7 Å². The quantitative estimate of drug-likeness (QED) is 0.884. The largest absolute Gasteiger partial charge is 0.417 e. The lowest BCUT2D eigenvalue weighted by molar-refractivity contribution is -0.137. The third-order valence-corrected chi connectivity index (χ3v) is 2.70. The molecule has 1 heterocycles. The Morgan fingerprint density at radius 2 is 1.86 bits per heavy atom. The maximum atomic E-state index is 13.3. The minimum atomic E-state index is -4.64. The Hall–Kier alpha value is -2.25. The van der Waals surface area contributed by atoms with E-state index in [-0.39, 0.29) is 17.6 Å². The van der Waals surface area contributed by atoms with E-state index in [1.807, 2.05) is 6.92 Å². The second kappa shape index (κ2) is 5.63. The summed E-state index contributed by atoms with van der Waals surface area (Å²) >= 11 is 0. The Labute approximate surface area is 118 Å². The number of benzene rings is 1. The van der Waals surface area contributed by atoms with E-state index in [0.717, 1.165) is 12.1 Å². The van der Waals surface area contributed by atoms with Gasteiger partial charge in [-0.15, -0.1) is 0 Å². The number of halogens is 4. The fourth-order valence-electron chi connectivity index (χ4n) is 1.84. The Morgan fingerprint density at radius 3 is 2.48 bits per heavy atom. The molecule has 0 atom stereocenters. The van der Waals surface area contributed by atoms with Gasteiger partial charge in [0.05, 0.1) is 5.56 Å². The van der Waals surface area contributed by atoms with E-state index in [1.54, 1.807) is 0 Å². The highest BCUT2D eigenvalue weighted by Gasteiger charge is 2.34. The maximum absolute atomic E-state index is 13.3. The molecule has 0 amide bonds. The SMILES string of the molecule is CCCc1nc(N)nc(-c2cc(F)ccc2C(F)(F)F)n1. The number of rotatable bonds is 3. The Bertz CT molecular complexity index is 655. The first kappa shape index (κ1) is 15.1. The van der Waals surface area contributed by atoms with Crippen LogP contribution in [-0.4, -0.2) is 15.0 Å². The van der Waals surface area contributed by atoms with E-state index in [0.29, 0.717) is 18.9 Å². The Balaban J connectivity index is 2.63. The summed E-state index contributed by atoms with van der Waals surface area (Å²) in [6, 6.07) is 2.14. The van der Waals surface area contributed by atoms with Crippen LogP contribution in [0.1, 0.15) is 24.7 Å². The van der Waals surface area contributed by atoms with Gasteiger partial charge >= 0.3 is 6.18 Å². The Morgan fingerprint density at radius 1 is 1.14 bits per heavy atom. The monoisotopic (exact) mass is 300 g/mol. The summed E-state index contributed by atoms with van der Waals surface area (Å²) in [6.45, 7) is 1.86. The molecule has 2 rings (SSSR count). The molecule has 0 radical (unpaired) electrons. The molecule has 8 heteroatoms. The van der Waals surface area contributed by atoms with E-state index in [2.05, 4.69) is 15.0 Å². The van der Waals surface area contributed by atoms with Crippen molar-refractivity contribution in [3.05, 3.63) is 35.4 Å². The number of nitrogens with two attached hydrogens (primary N) is 1. The van der Waals surface area contributed by atoms with E-state index in [4.69, 9.17) is 5.73 Å². The zero-order valence-electron chi connectivity index (χ0n) is 11.1. The first-order valence-corrected chi connectivity index (χ1v) is 6.18. The molecule has 4 nitrogen and oxygen atoms in total. The third kappa shape index (κ3) is 3.45. The molecule has 0 aliphatic rings. The van der Waals surface area contributed by atoms with Gasteiger partial charge in [-0.1, -0.05) is 6.92 Å². The smallest absolute Gasteiger partial charge is 0.368 e. The second-order valence-corrected chi connectivity index (χ2v) is 4.37. The summed E-state index contributed by atoms with van der Waals surface area (Å²) in [6.07, 6.45) is -3.51. The van der Waals surface area contributed by atoms with E-state index < -0.39 is 23.1 Å². The molecule has 0 bridgehead atoms. The number of aromatic nitrogens is 3. The zero-order chi connectivity index (χ0) is 15.6. The molecule has 0 saturated heterocycles. The van der Waals surface area contributed by atoms with E-state index in [9.17, 15) is 17.6 Å². The van der Waals surface area contributed by atoms with E-state index in [1.165, 1.54) is 0 Å². The van der Waals surface area contributed by atoms with Gasteiger partial charge in [0, 0.05) is 12.0 Å². The summed E-state index contributed by atoms with van der Waals surface area (Å²) in [5.74, 6) is -1.01. The summed E-state index contributed by atoms with van der Waals surface area (Å²) in [4.78, 5) is 11.5. The fourth-order valence-corrected chi connectivity index (χ4v) is 1.84. The average Bonchev–Trinajstić information content (AvgIpc) is 2.36. The predicted molar refractivity (Wildman–Crippen MR) is 68.6 cm³/mol. The lowest BCUT2D eigenvalue weighted by atomic mass is 10.1. The zero-order valence-corrected chi connectivity index (χ0v) is 11.1. The summed E-state index contributed by atoms with van der Waals surface area (Å²) in [7, 11) is 0. The van der Waals surface area contributed by atoms with Crippen LogP contribution >= 0.6 is 0 Å². The molecule has 1 aromatic heterocycles. The van der Waals surface area contributed by atoms with Crippen LogP contribution in [0.4, 0.5) is 23.5 Å². The molecule has 112 valence electrons. The molecule has 2 N–H and O–H groups in total. The molecule has 0 saturated carbocycles. The van der Waals surface area contributed by atoms with Crippen molar-refractivity contribution in [2.75, 3.05) is 5.73 Å². The molecular formula is C13H12F4N4. The predicted octanol–water partition coefficient (Wildman–Crippen LogP) is 3.23. The van der Waals surface area contributed by atoms with Gasteiger partial charge in [0.2, 0.25) is 5.95 Å². The van der Waals surface area contributed by atoms with Crippen LogP contribution in [0, 0.1) is 5.82 Å². The molecule has 0 fully saturated rings. The number of aryl methyl sites for hydroxylation is 1. The van der Waals surface area contributed by atoms with Crippen molar-refractivity contribution in [1.29, 1.82) is 0 Å². The van der Waals surface area contributed by atoms with Crippen LogP contribution < -0.4 is 5.73 Å². The molecule has 2 aromatic rings. The van der Waals surface area contributed by atoms with Gasteiger partial charge < -0.3 is 5.73 Å². The molecule has 0 unspecified atom stereocenters. The molecule has 1 aromatic carbocycles. The first-order chi connectivity index (χ1) is 9.81. The highest BCUT2D eigenvalue weighted by atomic mass is 19.4. The van der Waals surface area contributed by atoms with Crippen LogP contribution in [0.3, 0.4) is 0 Å². The highest BCUT2D eigenvalue weighted by molar-refractivity contribution is 5.62. The fraction of sp³-hybridized carbons (Fsp3) is 0.308. The Kier molecular flexibility index (Phi) is 4.06. The second-order valence-electron chi connectivity index (χ2n) is 4.37. The van der Waals surface area contributed by atoms with Crippen LogP contribution in [0.25, 0.3) is 11.4 Å². The summed E-state index contributed by atoms with van der Waals surface area (Å²) in [5, 5.41) is 0. The molecule has 0 spiro atoms. The van der Waals surface area contributed by atoms with Crippen molar-refractivity contribution < 1.29 is 17.6 Å². The van der Waals surface area contributed by atoms with Gasteiger partial charge in [0.25, 0.3) is 0 Å². The van der Waals surface area contributed by atoms with Gasteiger partial charge in [-0.25, -0.2) is 9.37 Å². The molecule has 0 aliphatic heterocycles. The third-order valence-electron chi connectivity index (χ3n) is 2.70. The number of nitrogen functional groups attached to an aromatic ring is 1. The van der Waals surface area contributed by atoms with Crippen LogP contribution in [0.15, 0.2) is 18.2 Å². The maximum Gasteiger partial charge on any atom is 0.417 e. The van der Waals surface area contributed by atoms with Crippen LogP contribution in [0.2, 0.25) is 0 Å². The average molecular weight is 300 g/mol. The number of hydrogen-bond acceptors (Lipinski definition) is 4. The molecular weight excluding hydrogens is 288 g/mol. The minimum absolute atomic E-state index is 0.194. The van der Waals surface area contributed by atoms with Gasteiger partial charge in [0.15, 0.2) is 5.82 Å². The van der Waals surface area contributed by atoms with Crippen LogP contribution in [-0.2, 0) is 12.6 Å². The number of anilines is 1. The van der Waals surface area contributed by atoms with Crippen molar-refractivity contribution >= 4 is 5.95 Å². The normalized spacial score (nSPS) is 11.7. The van der Waals surface area contributed by atoms with Crippen molar-refractivity contribution in [3.63, 3.8) is 0 Å². The minimum Gasteiger partial charge on any atom is -0.368 e. The van der Waals surface area contributed by atoms with Gasteiger partial charge in [-0.05, 0) is 24.6 Å². The highest BCUT2D eigenvalue weighted by Crippen LogP contribution is 2.36. The first-order valence-electron chi connectivity index (χ1n) is 6.18. The number of hydrogen-bond donors (Lipinski definition) is 1. The van der Waals surface area contributed by atoms with Gasteiger partial charge in [-0.2, -0.15) is 23.1 Å². The van der Waals surface area contributed by atoms with Crippen LogP contribution in [0.5, 0.6) is 0 Å². The van der Waals surface area contributed by atoms with Gasteiger partial charge in [-0.3, -0.25) is 0 Å². The molecule has 0 aliphatic carbocycles. The van der Waals surface area contributed by atoms with Crippen molar-refractivity contribution in [2.45, 2.75) is 25.9 Å². The lowest BCUT2D eigenvalue weighted by Gasteiger charge is -2.12. The van der Waals surface area contributed by atoms with E-state index >= 15 is 0 Å². The van der Waals surface area contributed by atoms with Crippen molar-refractivity contribution in [1.82, 2.24) is 15.0 Å². The van der Waals surface area contributed by atoms with Crippen molar-refractivity contribution in [3.8, 4) is 11.4 Å². The lowest BCUT2D eigenvalue weighted by Crippen LogP contribution is -2.11. The number of nitrogens with zero attached hydrogens (tertiary/aromatic N) is 3. The summed E-state index contributed by atoms with van der Waals surface area (Å²) < 4.78 is 52.3. The number of alkyl halides is 3. The molecule has 21 heavy (non-hydrogen) atoms. The van der Waals surface area contributed by atoms with Crippen molar-refractivity contribution in [2.24, 2.45) is 0 Å². The standard InChI is InChI=1S/C13H12F4N4/c1-2-3-10-19-11(21-12(18)20-10)8-6-7(14)4-5-9(8)13(15,16)17/h4-6H,2-3H2,1H3,(H2,18,19,20,21).